The number of carbonyl (C=O) groups is 1. The van der Waals surface area contributed by atoms with Crippen LogP contribution in [0.3, 0.4) is 0 Å². The van der Waals surface area contributed by atoms with Crippen LogP contribution in [0.25, 0.3) is 22.2 Å². The minimum absolute atomic E-state index is 0.121. The van der Waals surface area contributed by atoms with Gasteiger partial charge in [0.2, 0.25) is 11.9 Å². The quantitative estimate of drug-likeness (QED) is 0.364. The molecule has 3 heterocycles. The summed E-state index contributed by atoms with van der Waals surface area (Å²) in [6.07, 6.45) is 8.51. The van der Waals surface area contributed by atoms with E-state index in [2.05, 4.69) is 27.2 Å². The molecule has 3 N–H and O–H groups in total. The summed E-state index contributed by atoms with van der Waals surface area (Å²) < 4.78 is 29.4. The molecule has 1 aromatic carbocycles. The molecule has 1 aliphatic heterocycles. The van der Waals surface area contributed by atoms with Crippen molar-refractivity contribution in [3.63, 3.8) is 0 Å². The molecule has 1 aliphatic carbocycles. The Bertz CT molecular complexity index is 1280. The zero-order chi connectivity index (χ0) is 26.0. The van der Waals surface area contributed by atoms with E-state index in [0.717, 1.165) is 48.2 Å². The van der Waals surface area contributed by atoms with Crippen molar-refractivity contribution in [2.24, 2.45) is 5.92 Å². The molecule has 37 heavy (non-hydrogen) atoms. The number of anilines is 1. The number of fused-ring (bicyclic) bond motifs is 1. The number of benzene rings is 1. The number of aromatic nitrogens is 3. The predicted molar refractivity (Wildman–Crippen MR) is 142 cm³/mol. The van der Waals surface area contributed by atoms with Crippen LogP contribution in [-0.2, 0) is 4.79 Å². The number of amides is 1. The number of alkyl halides is 2. The molecule has 0 spiro atoms. The Labute approximate surface area is 219 Å². The largest absolute Gasteiger partial charge is 0.360 e. The van der Waals surface area contributed by atoms with Crippen molar-refractivity contribution in [1.82, 2.24) is 25.2 Å². The molecule has 1 amide bonds. The maximum Gasteiger partial charge on any atom is 0.269 e. The van der Waals surface area contributed by atoms with E-state index < -0.39 is 24.3 Å². The van der Waals surface area contributed by atoms with Gasteiger partial charge in [0.05, 0.1) is 23.5 Å². The molecule has 0 bridgehead atoms. The monoisotopic (exact) mass is 528 g/mol. The molecule has 2 aliphatic rings. The zero-order valence-corrected chi connectivity index (χ0v) is 21.3. The summed E-state index contributed by atoms with van der Waals surface area (Å²) in [5, 5.41) is 8.32. The third kappa shape index (κ3) is 5.62. The molecule has 1 saturated heterocycles. The van der Waals surface area contributed by atoms with Crippen LogP contribution in [0.15, 0.2) is 49.3 Å². The van der Waals surface area contributed by atoms with Gasteiger partial charge in [0.1, 0.15) is 0 Å². The van der Waals surface area contributed by atoms with Crippen LogP contribution in [-0.4, -0.2) is 63.4 Å². The normalized spacial score (nSPS) is 23.6. The van der Waals surface area contributed by atoms with Crippen LogP contribution in [0.5, 0.6) is 0 Å². The Balaban J connectivity index is 1.20. The maximum absolute atomic E-state index is 14.7. The van der Waals surface area contributed by atoms with Crippen molar-refractivity contribution in [1.29, 1.82) is 0 Å². The highest BCUT2D eigenvalue weighted by atomic mass is 35.5. The standard InChI is InChI=1S/C27H31ClF2N6O/c1-2-24(37)36-11-10-17(27(29,30)16-36)13-31-18-6-5-7-19(12-18)34-26-33-15-22(28)25(35-26)21-14-32-23-9-4-3-8-20(21)23/h2-4,8-9,14-15,17-19,31-32H,1,5-7,10-13,16H2,(H,33,34,35)/t17?,18-,19+/m0/s1. The highest BCUT2D eigenvalue weighted by molar-refractivity contribution is 6.33. The highest BCUT2D eigenvalue weighted by Gasteiger charge is 2.45. The number of para-hydroxylation sites is 1. The third-order valence-corrected chi connectivity index (χ3v) is 7.76. The first-order chi connectivity index (χ1) is 17.8. The smallest absolute Gasteiger partial charge is 0.269 e. The molecule has 3 aromatic rings. The lowest BCUT2D eigenvalue weighted by molar-refractivity contribution is -0.145. The Morgan fingerprint density at radius 2 is 2.08 bits per heavy atom. The Morgan fingerprint density at radius 3 is 2.89 bits per heavy atom. The summed E-state index contributed by atoms with van der Waals surface area (Å²) >= 11 is 6.46. The average molecular weight is 529 g/mol. The summed E-state index contributed by atoms with van der Waals surface area (Å²) in [6.45, 7) is 3.40. The van der Waals surface area contributed by atoms with Crippen LogP contribution in [0, 0.1) is 5.92 Å². The number of nitrogens with one attached hydrogen (secondary N) is 3. The Morgan fingerprint density at radius 1 is 1.27 bits per heavy atom. The number of carbonyl (C=O) groups excluding carboxylic acids is 1. The van der Waals surface area contributed by atoms with Gasteiger partial charge in [-0.05, 0) is 44.2 Å². The fourth-order valence-electron chi connectivity index (χ4n) is 5.44. The summed E-state index contributed by atoms with van der Waals surface area (Å²) in [5.41, 5.74) is 2.58. The van der Waals surface area contributed by atoms with Gasteiger partial charge in [0.25, 0.3) is 5.92 Å². The van der Waals surface area contributed by atoms with Crippen LogP contribution in [0.2, 0.25) is 5.02 Å². The summed E-state index contributed by atoms with van der Waals surface area (Å²) in [5.74, 6) is -3.66. The molecule has 1 saturated carbocycles. The van der Waals surface area contributed by atoms with Gasteiger partial charge in [-0.15, -0.1) is 0 Å². The molecule has 0 radical (unpaired) electrons. The number of rotatable bonds is 7. The average Bonchev–Trinajstić information content (AvgIpc) is 3.32. The van der Waals surface area contributed by atoms with Crippen molar-refractivity contribution >= 4 is 34.4 Å². The van der Waals surface area contributed by atoms with Crippen LogP contribution in [0.1, 0.15) is 32.1 Å². The first-order valence-corrected chi connectivity index (χ1v) is 13.1. The molecular weight excluding hydrogens is 498 g/mol. The van der Waals surface area contributed by atoms with Gasteiger partial charge in [-0.1, -0.05) is 36.4 Å². The topological polar surface area (TPSA) is 85.9 Å². The van der Waals surface area contributed by atoms with E-state index in [1.807, 2.05) is 30.5 Å². The van der Waals surface area contributed by atoms with Crippen LogP contribution in [0.4, 0.5) is 14.7 Å². The van der Waals surface area contributed by atoms with Gasteiger partial charge in [-0.2, -0.15) is 0 Å². The number of aromatic amines is 1. The lowest BCUT2D eigenvalue weighted by Gasteiger charge is -2.39. The molecule has 3 atom stereocenters. The fourth-order valence-corrected chi connectivity index (χ4v) is 5.64. The van der Waals surface area contributed by atoms with Gasteiger partial charge in [0.15, 0.2) is 0 Å². The molecule has 2 fully saturated rings. The number of hydrogen-bond acceptors (Lipinski definition) is 5. The zero-order valence-electron chi connectivity index (χ0n) is 20.5. The number of likely N-dealkylation sites (tertiary alicyclic amines) is 1. The summed E-state index contributed by atoms with van der Waals surface area (Å²) in [6, 6.07) is 8.21. The van der Waals surface area contributed by atoms with Gasteiger partial charge in [-0.3, -0.25) is 4.79 Å². The summed E-state index contributed by atoms with van der Waals surface area (Å²) in [7, 11) is 0. The van der Waals surface area contributed by atoms with Gasteiger partial charge >= 0.3 is 0 Å². The fraction of sp³-hybridized carbons (Fsp3) is 0.444. The minimum atomic E-state index is -2.92. The van der Waals surface area contributed by atoms with E-state index in [0.29, 0.717) is 23.2 Å². The second kappa shape index (κ2) is 10.8. The SMILES string of the molecule is C=CC(=O)N1CCC(CN[C@H]2CCC[C@@H](Nc3ncc(Cl)c(-c4c[nH]c5ccccc45)n3)C2)C(F)(F)C1. The van der Waals surface area contributed by atoms with Crippen LogP contribution < -0.4 is 10.6 Å². The number of nitrogens with zero attached hydrogens (tertiary/aromatic N) is 3. The van der Waals surface area contributed by atoms with Gasteiger partial charge in [0, 0.05) is 53.8 Å². The maximum atomic E-state index is 14.7. The highest BCUT2D eigenvalue weighted by Crippen LogP contribution is 2.34. The first kappa shape index (κ1) is 25.6. The van der Waals surface area contributed by atoms with Gasteiger partial charge in [-0.25, -0.2) is 18.7 Å². The molecular formula is C27H31ClF2N6O. The minimum Gasteiger partial charge on any atom is -0.360 e. The van der Waals surface area contributed by atoms with Crippen molar-refractivity contribution in [3.8, 4) is 11.3 Å². The molecule has 1 unspecified atom stereocenters. The number of piperidine rings is 1. The van der Waals surface area contributed by atoms with E-state index in [1.54, 1.807) is 6.20 Å². The van der Waals surface area contributed by atoms with E-state index in [1.165, 1.54) is 4.90 Å². The third-order valence-electron chi connectivity index (χ3n) is 7.48. The number of H-pyrrole nitrogens is 1. The van der Waals surface area contributed by atoms with E-state index >= 15 is 0 Å². The van der Waals surface area contributed by atoms with Gasteiger partial charge < -0.3 is 20.5 Å². The molecule has 5 rings (SSSR count). The lowest BCUT2D eigenvalue weighted by Crippen LogP contribution is -2.54. The number of hydrogen-bond donors (Lipinski definition) is 3. The van der Waals surface area contributed by atoms with E-state index in [9.17, 15) is 13.6 Å². The molecule has 2 aromatic heterocycles. The first-order valence-electron chi connectivity index (χ1n) is 12.7. The molecule has 10 heteroatoms. The van der Waals surface area contributed by atoms with Crippen molar-refractivity contribution in [2.75, 3.05) is 25.0 Å². The van der Waals surface area contributed by atoms with Crippen molar-refractivity contribution < 1.29 is 13.6 Å². The van der Waals surface area contributed by atoms with E-state index in [4.69, 9.17) is 16.6 Å². The van der Waals surface area contributed by atoms with E-state index in [-0.39, 0.29) is 25.0 Å². The van der Waals surface area contributed by atoms with Crippen molar-refractivity contribution in [3.05, 3.63) is 54.3 Å². The second-order valence-electron chi connectivity index (χ2n) is 9.96. The summed E-state index contributed by atoms with van der Waals surface area (Å²) in [4.78, 5) is 25.3. The number of halogens is 3. The second-order valence-corrected chi connectivity index (χ2v) is 10.4. The lowest BCUT2D eigenvalue weighted by atomic mass is 9.89. The molecule has 7 nitrogen and oxygen atoms in total. The molecule has 196 valence electrons. The Kier molecular flexibility index (Phi) is 7.44. The Hall–Kier alpha value is -3.04. The van der Waals surface area contributed by atoms with Crippen LogP contribution >= 0.6 is 11.6 Å². The predicted octanol–water partition coefficient (Wildman–Crippen LogP) is 5.26. The van der Waals surface area contributed by atoms with Crippen molar-refractivity contribution in [2.45, 2.75) is 50.1 Å².